The molecule has 0 radical (unpaired) electrons. The Morgan fingerprint density at radius 1 is 1.00 bits per heavy atom. The number of nitrogens with one attached hydrogen (secondary N) is 1. The van der Waals surface area contributed by atoms with Crippen molar-refractivity contribution in [2.24, 2.45) is 0 Å². The highest BCUT2D eigenvalue weighted by atomic mass is 14.8. The molecule has 0 amide bonds. The van der Waals surface area contributed by atoms with Crippen LogP contribution in [0.2, 0.25) is 0 Å². The van der Waals surface area contributed by atoms with Crippen LogP contribution < -0.4 is 5.32 Å². The van der Waals surface area contributed by atoms with Gasteiger partial charge in [-0.3, -0.25) is 0 Å². The van der Waals surface area contributed by atoms with Crippen LogP contribution >= 0.6 is 0 Å². The Kier molecular flexibility index (Phi) is 6.43. The smallest absolute Gasteiger partial charge is 0.0208 e. The van der Waals surface area contributed by atoms with E-state index in [1.807, 2.05) is 0 Å². The first-order chi connectivity index (χ1) is 9.42. The Labute approximate surface area is 118 Å². The Morgan fingerprint density at radius 3 is 2.53 bits per heavy atom. The molecular weight excluding hydrogens is 230 g/mol. The Bertz CT molecular complexity index is 354. The van der Waals surface area contributed by atoms with Crippen LogP contribution in [-0.4, -0.2) is 6.54 Å². The normalized spacial score (nSPS) is 14.8. The van der Waals surface area contributed by atoms with Gasteiger partial charge >= 0.3 is 0 Å². The molecular formula is C18H29N. The highest BCUT2D eigenvalue weighted by Gasteiger charge is 2.25. The molecule has 1 nitrogen and oxygen atoms in total. The summed E-state index contributed by atoms with van der Waals surface area (Å²) in [5.41, 5.74) is 3.12. The van der Waals surface area contributed by atoms with E-state index in [1.54, 1.807) is 5.56 Å². The first-order valence-corrected chi connectivity index (χ1v) is 8.20. The van der Waals surface area contributed by atoms with Crippen LogP contribution in [0, 0.1) is 0 Å². The van der Waals surface area contributed by atoms with Crippen LogP contribution in [0.5, 0.6) is 0 Å². The van der Waals surface area contributed by atoms with E-state index in [9.17, 15) is 0 Å². The molecule has 0 aliphatic heterocycles. The maximum Gasteiger partial charge on any atom is 0.0208 e. The lowest BCUT2D eigenvalue weighted by molar-refractivity contribution is 0.571. The number of benzene rings is 1. The standard InChI is InChI=1S/C18H29N/c1-2-3-4-5-6-9-14-19-15-17-10-7-8-11-18(17)16-12-13-16/h7-8,10-11,16,19H,2-6,9,12-15H2,1H3. The average molecular weight is 259 g/mol. The van der Waals surface area contributed by atoms with Gasteiger partial charge in [0.25, 0.3) is 0 Å². The Balaban J connectivity index is 1.58. The number of unbranched alkanes of at least 4 members (excludes halogenated alkanes) is 5. The second kappa shape index (κ2) is 8.37. The monoisotopic (exact) mass is 259 g/mol. The molecule has 0 saturated heterocycles. The highest BCUT2D eigenvalue weighted by molar-refractivity contribution is 5.33. The fraction of sp³-hybridized carbons (Fsp3) is 0.667. The molecule has 1 aromatic carbocycles. The van der Waals surface area contributed by atoms with Gasteiger partial charge in [-0.05, 0) is 42.9 Å². The molecule has 1 aliphatic carbocycles. The third-order valence-electron chi connectivity index (χ3n) is 4.09. The van der Waals surface area contributed by atoms with E-state index in [0.717, 1.165) is 12.5 Å². The van der Waals surface area contributed by atoms with Gasteiger partial charge in [-0.25, -0.2) is 0 Å². The topological polar surface area (TPSA) is 12.0 Å². The number of hydrogen-bond acceptors (Lipinski definition) is 1. The molecule has 106 valence electrons. The summed E-state index contributed by atoms with van der Waals surface area (Å²) in [6.07, 6.45) is 11.1. The zero-order valence-corrected chi connectivity index (χ0v) is 12.5. The lowest BCUT2D eigenvalue weighted by Gasteiger charge is -2.09. The fourth-order valence-corrected chi connectivity index (χ4v) is 2.74. The summed E-state index contributed by atoms with van der Waals surface area (Å²) in [4.78, 5) is 0. The molecule has 0 unspecified atom stereocenters. The third-order valence-corrected chi connectivity index (χ3v) is 4.09. The summed E-state index contributed by atoms with van der Waals surface area (Å²) >= 11 is 0. The van der Waals surface area contributed by atoms with E-state index in [2.05, 4.69) is 36.5 Å². The molecule has 1 saturated carbocycles. The Hall–Kier alpha value is -0.820. The quantitative estimate of drug-likeness (QED) is 0.582. The third kappa shape index (κ3) is 5.36. The van der Waals surface area contributed by atoms with Crippen LogP contribution in [0.15, 0.2) is 24.3 Å². The second-order valence-electron chi connectivity index (χ2n) is 5.92. The van der Waals surface area contributed by atoms with E-state index in [-0.39, 0.29) is 0 Å². The van der Waals surface area contributed by atoms with E-state index in [0.29, 0.717) is 0 Å². The van der Waals surface area contributed by atoms with Crippen molar-refractivity contribution < 1.29 is 0 Å². The van der Waals surface area contributed by atoms with Gasteiger partial charge in [0.1, 0.15) is 0 Å². The minimum Gasteiger partial charge on any atom is -0.313 e. The predicted molar refractivity (Wildman–Crippen MR) is 83.5 cm³/mol. The summed E-state index contributed by atoms with van der Waals surface area (Å²) < 4.78 is 0. The second-order valence-corrected chi connectivity index (χ2v) is 5.92. The molecule has 1 aromatic rings. The number of rotatable bonds is 10. The summed E-state index contributed by atoms with van der Waals surface area (Å²) in [7, 11) is 0. The first kappa shape index (κ1) is 14.6. The van der Waals surface area contributed by atoms with E-state index in [1.165, 1.54) is 63.5 Å². The summed E-state index contributed by atoms with van der Waals surface area (Å²) in [6, 6.07) is 8.97. The fourth-order valence-electron chi connectivity index (χ4n) is 2.74. The van der Waals surface area contributed by atoms with Crippen molar-refractivity contribution in [1.82, 2.24) is 5.32 Å². The molecule has 1 fully saturated rings. The van der Waals surface area contributed by atoms with Crippen molar-refractivity contribution in [1.29, 1.82) is 0 Å². The molecule has 2 rings (SSSR count). The van der Waals surface area contributed by atoms with Crippen LogP contribution in [0.1, 0.15) is 75.3 Å². The van der Waals surface area contributed by atoms with Crippen molar-refractivity contribution >= 4 is 0 Å². The maximum absolute atomic E-state index is 3.62. The van der Waals surface area contributed by atoms with Gasteiger partial charge in [0, 0.05) is 6.54 Å². The van der Waals surface area contributed by atoms with Crippen molar-refractivity contribution in [3.8, 4) is 0 Å². The van der Waals surface area contributed by atoms with Crippen molar-refractivity contribution in [2.45, 2.75) is 70.8 Å². The van der Waals surface area contributed by atoms with Gasteiger partial charge in [-0.1, -0.05) is 63.3 Å². The zero-order chi connectivity index (χ0) is 13.3. The van der Waals surface area contributed by atoms with Gasteiger partial charge < -0.3 is 5.32 Å². The minimum absolute atomic E-state index is 0.868. The van der Waals surface area contributed by atoms with E-state index < -0.39 is 0 Å². The van der Waals surface area contributed by atoms with Gasteiger partial charge in [0.05, 0.1) is 0 Å². The van der Waals surface area contributed by atoms with E-state index >= 15 is 0 Å². The van der Waals surface area contributed by atoms with Crippen LogP contribution in [0.4, 0.5) is 0 Å². The summed E-state index contributed by atoms with van der Waals surface area (Å²) in [5.74, 6) is 0.868. The molecule has 19 heavy (non-hydrogen) atoms. The Morgan fingerprint density at radius 2 is 1.74 bits per heavy atom. The highest BCUT2D eigenvalue weighted by Crippen LogP contribution is 2.41. The van der Waals surface area contributed by atoms with Crippen molar-refractivity contribution in [3.63, 3.8) is 0 Å². The predicted octanol–water partition coefficient (Wildman–Crippen LogP) is 5.01. The van der Waals surface area contributed by atoms with Crippen molar-refractivity contribution in [3.05, 3.63) is 35.4 Å². The molecule has 1 heteroatoms. The largest absolute Gasteiger partial charge is 0.313 e. The van der Waals surface area contributed by atoms with Gasteiger partial charge in [0.2, 0.25) is 0 Å². The van der Waals surface area contributed by atoms with E-state index in [4.69, 9.17) is 0 Å². The minimum atomic E-state index is 0.868. The lowest BCUT2D eigenvalue weighted by Crippen LogP contribution is -2.15. The average Bonchev–Trinajstić information content (AvgIpc) is 3.27. The van der Waals surface area contributed by atoms with Crippen LogP contribution in [0.25, 0.3) is 0 Å². The molecule has 0 aromatic heterocycles. The molecule has 0 atom stereocenters. The maximum atomic E-state index is 3.62. The summed E-state index contributed by atoms with van der Waals surface area (Å²) in [5, 5.41) is 3.62. The van der Waals surface area contributed by atoms with Crippen molar-refractivity contribution in [2.75, 3.05) is 6.54 Å². The van der Waals surface area contributed by atoms with Gasteiger partial charge in [0.15, 0.2) is 0 Å². The van der Waals surface area contributed by atoms with Gasteiger partial charge in [-0.15, -0.1) is 0 Å². The van der Waals surface area contributed by atoms with Crippen LogP contribution in [-0.2, 0) is 6.54 Å². The molecule has 0 bridgehead atoms. The molecule has 1 N–H and O–H groups in total. The molecule has 0 spiro atoms. The molecule has 0 heterocycles. The molecule has 1 aliphatic rings. The van der Waals surface area contributed by atoms with Crippen LogP contribution in [0.3, 0.4) is 0 Å². The zero-order valence-electron chi connectivity index (χ0n) is 12.5. The van der Waals surface area contributed by atoms with Gasteiger partial charge in [-0.2, -0.15) is 0 Å². The first-order valence-electron chi connectivity index (χ1n) is 8.20. The lowest BCUT2D eigenvalue weighted by atomic mass is 10.0. The number of hydrogen-bond donors (Lipinski definition) is 1. The summed E-state index contributed by atoms with van der Waals surface area (Å²) in [6.45, 7) is 4.51. The SMILES string of the molecule is CCCCCCCCNCc1ccccc1C1CC1.